The van der Waals surface area contributed by atoms with Gasteiger partial charge in [0.15, 0.2) is 0 Å². The molecule has 3 rings (SSSR count). The predicted octanol–water partition coefficient (Wildman–Crippen LogP) is 5.47. The van der Waals surface area contributed by atoms with E-state index in [0.717, 1.165) is 12.0 Å². The van der Waals surface area contributed by atoms with Crippen LogP contribution in [0.25, 0.3) is 0 Å². The van der Waals surface area contributed by atoms with Crippen molar-refractivity contribution in [3.63, 3.8) is 0 Å². The van der Waals surface area contributed by atoms with E-state index in [1.165, 1.54) is 12.1 Å². The van der Waals surface area contributed by atoms with Gasteiger partial charge in [0.25, 0.3) is 0 Å². The molecule has 0 radical (unpaired) electrons. The number of hydrogen-bond donors (Lipinski definition) is 0. The van der Waals surface area contributed by atoms with Gasteiger partial charge < -0.3 is 4.84 Å². The molecule has 24 heavy (non-hydrogen) atoms. The predicted molar refractivity (Wildman–Crippen MR) is 92.2 cm³/mol. The van der Waals surface area contributed by atoms with E-state index in [1.807, 2.05) is 0 Å². The summed E-state index contributed by atoms with van der Waals surface area (Å²) < 4.78 is 13.0. The molecular formula is C18H14Cl2FNO2. The Morgan fingerprint density at radius 1 is 1.17 bits per heavy atom. The fourth-order valence-corrected chi connectivity index (χ4v) is 3.21. The summed E-state index contributed by atoms with van der Waals surface area (Å²) in [5, 5.41) is 4.35. The SMILES string of the molecule is CC(=NOC(=O)c1c(Cl)cccc1Cl)[C@H]1C[C@H]1c1ccc(F)cc1. The maximum atomic E-state index is 13.0. The molecule has 0 amide bonds. The average molecular weight is 366 g/mol. The van der Waals surface area contributed by atoms with E-state index in [9.17, 15) is 9.18 Å². The van der Waals surface area contributed by atoms with Crippen molar-refractivity contribution in [1.29, 1.82) is 0 Å². The normalized spacial score (nSPS) is 19.9. The summed E-state index contributed by atoms with van der Waals surface area (Å²) in [7, 11) is 0. The van der Waals surface area contributed by atoms with Crippen molar-refractivity contribution in [3.8, 4) is 0 Å². The van der Waals surface area contributed by atoms with Crippen molar-refractivity contribution in [2.24, 2.45) is 11.1 Å². The van der Waals surface area contributed by atoms with Crippen LogP contribution >= 0.6 is 23.2 Å². The largest absolute Gasteiger partial charge is 0.368 e. The second-order valence-corrected chi connectivity index (χ2v) is 6.52. The van der Waals surface area contributed by atoms with E-state index >= 15 is 0 Å². The van der Waals surface area contributed by atoms with Gasteiger partial charge in [-0.3, -0.25) is 0 Å². The van der Waals surface area contributed by atoms with Crippen molar-refractivity contribution in [1.82, 2.24) is 0 Å². The van der Waals surface area contributed by atoms with Crippen molar-refractivity contribution in [2.45, 2.75) is 19.3 Å². The molecule has 0 unspecified atom stereocenters. The molecule has 2 atom stereocenters. The number of halogens is 3. The molecule has 2 aromatic rings. The van der Waals surface area contributed by atoms with Crippen LogP contribution in [0, 0.1) is 11.7 Å². The highest BCUT2D eigenvalue weighted by Gasteiger charge is 2.40. The van der Waals surface area contributed by atoms with Gasteiger partial charge in [-0.1, -0.05) is 46.6 Å². The molecule has 3 nitrogen and oxygen atoms in total. The van der Waals surface area contributed by atoms with E-state index in [0.29, 0.717) is 5.71 Å². The third-order valence-electron chi connectivity index (χ3n) is 4.06. The Bertz CT molecular complexity index is 785. The van der Waals surface area contributed by atoms with E-state index in [1.54, 1.807) is 37.3 Å². The molecule has 1 saturated carbocycles. The molecule has 124 valence electrons. The topological polar surface area (TPSA) is 38.7 Å². The second kappa shape index (κ2) is 6.91. The molecule has 0 aromatic heterocycles. The Balaban J connectivity index is 1.65. The lowest BCUT2D eigenvalue weighted by molar-refractivity contribution is 0.0515. The lowest BCUT2D eigenvalue weighted by Crippen LogP contribution is -2.06. The molecule has 1 aliphatic carbocycles. The zero-order valence-corrected chi connectivity index (χ0v) is 14.3. The molecule has 1 aliphatic rings. The number of carbonyl (C=O) groups is 1. The van der Waals surface area contributed by atoms with Gasteiger partial charge in [0.05, 0.1) is 21.3 Å². The number of oxime groups is 1. The summed E-state index contributed by atoms with van der Waals surface area (Å²) >= 11 is 11.9. The number of benzene rings is 2. The monoisotopic (exact) mass is 365 g/mol. The number of nitrogens with zero attached hydrogens (tertiary/aromatic N) is 1. The van der Waals surface area contributed by atoms with Gasteiger partial charge >= 0.3 is 5.97 Å². The minimum atomic E-state index is -0.691. The molecule has 0 heterocycles. The number of carbonyl (C=O) groups excluding carboxylic acids is 1. The van der Waals surface area contributed by atoms with Crippen molar-refractivity contribution >= 4 is 34.9 Å². The molecule has 0 spiro atoms. The Labute approximate surface area is 149 Å². The van der Waals surface area contributed by atoms with Crippen LogP contribution in [0.3, 0.4) is 0 Å². The molecule has 2 aromatic carbocycles. The third kappa shape index (κ3) is 3.60. The van der Waals surface area contributed by atoms with Gasteiger partial charge in [0.1, 0.15) is 5.82 Å². The first-order valence-corrected chi connectivity index (χ1v) is 8.18. The van der Waals surface area contributed by atoms with Gasteiger partial charge in [0, 0.05) is 5.92 Å². The van der Waals surface area contributed by atoms with E-state index in [2.05, 4.69) is 5.16 Å². The highest BCUT2D eigenvalue weighted by atomic mass is 35.5. The number of hydrogen-bond acceptors (Lipinski definition) is 3. The highest BCUT2D eigenvalue weighted by Crippen LogP contribution is 2.48. The first kappa shape index (κ1) is 16.9. The molecule has 6 heteroatoms. The lowest BCUT2D eigenvalue weighted by Gasteiger charge is -2.04. The van der Waals surface area contributed by atoms with Crippen LogP contribution in [0.4, 0.5) is 4.39 Å². The fourth-order valence-electron chi connectivity index (χ4n) is 2.65. The summed E-state index contributed by atoms with van der Waals surface area (Å²) in [6, 6.07) is 11.2. The summed E-state index contributed by atoms with van der Waals surface area (Å²) in [4.78, 5) is 17.1. The zero-order valence-electron chi connectivity index (χ0n) is 12.8. The molecular weight excluding hydrogens is 352 g/mol. The smallest absolute Gasteiger partial charge is 0.313 e. The molecule has 0 bridgehead atoms. The van der Waals surface area contributed by atoms with E-state index in [-0.39, 0.29) is 33.3 Å². The summed E-state index contributed by atoms with van der Waals surface area (Å²) in [6.07, 6.45) is 0.894. The maximum absolute atomic E-state index is 13.0. The van der Waals surface area contributed by atoms with Crippen LogP contribution < -0.4 is 0 Å². The van der Waals surface area contributed by atoms with Crippen molar-refractivity contribution < 1.29 is 14.0 Å². The Morgan fingerprint density at radius 2 is 1.79 bits per heavy atom. The maximum Gasteiger partial charge on any atom is 0.368 e. The Hall–Kier alpha value is -1.91. The van der Waals surface area contributed by atoms with Crippen molar-refractivity contribution in [3.05, 3.63) is 69.5 Å². The quantitative estimate of drug-likeness (QED) is 0.409. The van der Waals surface area contributed by atoms with E-state index < -0.39 is 5.97 Å². The van der Waals surface area contributed by atoms with Crippen LogP contribution in [0.1, 0.15) is 35.2 Å². The lowest BCUT2D eigenvalue weighted by atomic mass is 10.1. The molecule has 0 N–H and O–H groups in total. The number of rotatable bonds is 4. The highest BCUT2D eigenvalue weighted by molar-refractivity contribution is 6.39. The molecule has 0 aliphatic heterocycles. The summed E-state index contributed by atoms with van der Waals surface area (Å²) in [6.45, 7) is 1.80. The minimum absolute atomic E-state index is 0.100. The first-order chi connectivity index (χ1) is 11.5. The first-order valence-electron chi connectivity index (χ1n) is 7.42. The van der Waals surface area contributed by atoms with Gasteiger partial charge in [-0.25, -0.2) is 9.18 Å². The van der Waals surface area contributed by atoms with Crippen LogP contribution in [0.2, 0.25) is 10.0 Å². The Kier molecular flexibility index (Phi) is 4.88. The fraction of sp³-hybridized carbons (Fsp3) is 0.222. The summed E-state index contributed by atoms with van der Waals surface area (Å²) in [5.74, 6) is -0.488. The van der Waals surface area contributed by atoms with Crippen LogP contribution in [0.15, 0.2) is 47.6 Å². The van der Waals surface area contributed by atoms with Crippen LogP contribution in [-0.2, 0) is 4.84 Å². The van der Waals surface area contributed by atoms with Gasteiger partial charge in [0.2, 0.25) is 0 Å². The second-order valence-electron chi connectivity index (χ2n) is 5.71. The minimum Gasteiger partial charge on any atom is -0.313 e. The van der Waals surface area contributed by atoms with Crippen LogP contribution in [-0.4, -0.2) is 11.7 Å². The molecule has 1 fully saturated rings. The van der Waals surface area contributed by atoms with Gasteiger partial charge in [-0.05, 0) is 49.1 Å². The van der Waals surface area contributed by atoms with Crippen molar-refractivity contribution in [2.75, 3.05) is 0 Å². The van der Waals surface area contributed by atoms with Gasteiger partial charge in [-0.15, -0.1) is 0 Å². The average Bonchev–Trinajstić information content (AvgIpc) is 3.34. The summed E-state index contributed by atoms with van der Waals surface area (Å²) in [5.41, 5.74) is 1.86. The molecule has 0 saturated heterocycles. The van der Waals surface area contributed by atoms with E-state index in [4.69, 9.17) is 28.0 Å². The third-order valence-corrected chi connectivity index (χ3v) is 4.69. The standard InChI is InChI=1S/C18H14Cl2FNO2/c1-10(13-9-14(13)11-5-7-12(21)8-6-11)22-24-18(23)17-15(19)3-2-4-16(17)20/h2-8,13-14H,9H2,1H3/t13-,14+/m1/s1. The van der Waals surface area contributed by atoms with Gasteiger partial charge in [-0.2, -0.15) is 0 Å². The van der Waals surface area contributed by atoms with Crippen LogP contribution in [0.5, 0.6) is 0 Å². The Morgan fingerprint density at radius 3 is 2.42 bits per heavy atom. The zero-order chi connectivity index (χ0) is 17.3.